The number of rotatable bonds is 1. The third kappa shape index (κ3) is 2.27. The lowest BCUT2D eigenvalue weighted by atomic mass is 9.99. The minimum Gasteiger partial charge on any atom is -0.392 e. The molecule has 1 aliphatic carbocycles. The first-order chi connectivity index (χ1) is 6.45. The Morgan fingerprint density at radius 2 is 2.00 bits per heavy atom. The van der Waals surface area contributed by atoms with Crippen LogP contribution < -0.4 is 5.73 Å². The van der Waals surface area contributed by atoms with E-state index in [0.717, 1.165) is 17.5 Å². The number of hydrogen-bond acceptors (Lipinski definition) is 2. The average Bonchev–Trinajstić information content (AvgIpc) is 2.07. The highest BCUT2D eigenvalue weighted by Crippen LogP contribution is 2.32. The Morgan fingerprint density at radius 3 is 2.57 bits per heavy atom. The summed E-state index contributed by atoms with van der Waals surface area (Å²) in [5.74, 6) is -2.94. The number of allylic oxidation sites excluding steroid dienone is 2. The van der Waals surface area contributed by atoms with E-state index in [4.69, 9.17) is 11.3 Å². The molecular formula is C9H16F2N3+. The van der Waals surface area contributed by atoms with E-state index in [2.05, 4.69) is 0 Å². The van der Waals surface area contributed by atoms with Crippen LogP contribution in [0.3, 0.4) is 0 Å². The summed E-state index contributed by atoms with van der Waals surface area (Å²) in [4.78, 5) is 0. The Balaban J connectivity index is 3.04. The first-order valence-electron chi connectivity index (χ1n) is 4.77. The molecule has 5 heteroatoms. The minimum absolute atomic E-state index is 0.198. The number of nitrogens with two attached hydrogens (primary N) is 1. The van der Waals surface area contributed by atoms with Crippen molar-refractivity contribution in [2.45, 2.75) is 38.0 Å². The Hall–Kier alpha value is -1.00. The molecule has 0 radical (unpaired) electrons. The molecule has 0 bridgehead atoms. The van der Waals surface area contributed by atoms with Crippen molar-refractivity contribution in [1.82, 2.24) is 0 Å². The first kappa shape index (κ1) is 11.1. The van der Waals surface area contributed by atoms with Gasteiger partial charge in [-0.15, -0.1) is 0 Å². The molecule has 14 heavy (non-hydrogen) atoms. The van der Waals surface area contributed by atoms with Crippen LogP contribution in [0.4, 0.5) is 8.78 Å². The highest BCUT2D eigenvalue weighted by Gasteiger charge is 2.38. The van der Waals surface area contributed by atoms with Gasteiger partial charge in [-0.25, -0.2) is 0 Å². The Bertz CT molecular complexity index is 271. The molecule has 0 aromatic rings. The minimum atomic E-state index is -2.94. The standard InChI is InChI=1S/C9H16F2N3/c1-14(13)7-5-3-2-4-6-9(10,11)8(7)12/h13H,2-6,12H2,1H3/q+1/b8-7-,14-13?. The molecule has 0 amide bonds. The fourth-order valence-electron chi connectivity index (χ4n) is 1.65. The molecule has 3 N–H and O–H groups in total. The summed E-state index contributed by atoms with van der Waals surface area (Å²) in [5.41, 5.74) is 12.5. The van der Waals surface area contributed by atoms with Crippen LogP contribution in [-0.2, 0) is 0 Å². The summed E-state index contributed by atoms with van der Waals surface area (Å²) < 4.78 is 27.7. The molecule has 0 aromatic heterocycles. The van der Waals surface area contributed by atoms with Gasteiger partial charge in [0.05, 0.1) is 0 Å². The highest BCUT2D eigenvalue weighted by atomic mass is 19.3. The summed E-state index contributed by atoms with van der Waals surface area (Å²) in [7, 11) is 1.43. The largest absolute Gasteiger partial charge is 0.392 e. The molecule has 1 aliphatic rings. The van der Waals surface area contributed by atoms with Gasteiger partial charge in [-0.05, 0) is 12.8 Å². The predicted octanol–water partition coefficient (Wildman–Crippen LogP) is 2.43. The summed E-state index contributed by atoms with van der Waals surface area (Å²) >= 11 is 0. The summed E-state index contributed by atoms with van der Waals surface area (Å²) in [6.07, 6.45) is 2.38. The summed E-state index contributed by atoms with van der Waals surface area (Å²) in [6, 6.07) is 0. The average molecular weight is 204 g/mol. The van der Waals surface area contributed by atoms with Gasteiger partial charge in [0.1, 0.15) is 5.70 Å². The lowest BCUT2D eigenvalue weighted by Gasteiger charge is -2.19. The number of halogens is 2. The van der Waals surface area contributed by atoms with Crippen molar-refractivity contribution >= 4 is 0 Å². The normalized spacial score (nSPS) is 27.9. The van der Waals surface area contributed by atoms with Crippen LogP contribution in [0.1, 0.15) is 32.1 Å². The van der Waals surface area contributed by atoms with Gasteiger partial charge < -0.3 is 5.73 Å². The van der Waals surface area contributed by atoms with Gasteiger partial charge >= 0.3 is 0 Å². The molecule has 0 atom stereocenters. The predicted molar refractivity (Wildman–Crippen MR) is 48.1 cm³/mol. The topological polar surface area (TPSA) is 52.9 Å². The first-order valence-corrected chi connectivity index (χ1v) is 4.77. The van der Waals surface area contributed by atoms with Crippen LogP contribution >= 0.6 is 0 Å². The molecule has 0 aliphatic heterocycles. The fourth-order valence-corrected chi connectivity index (χ4v) is 1.65. The maximum Gasteiger partial charge on any atom is 0.293 e. The van der Waals surface area contributed by atoms with Gasteiger partial charge in [0.25, 0.3) is 5.92 Å². The number of nitrogens with one attached hydrogen (secondary N) is 1. The van der Waals surface area contributed by atoms with Crippen molar-refractivity contribution in [2.75, 3.05) is 7.05 Å². The van der Waals surface area contributed by atoms with Crippen LogP contribution in [0, 0.1) is 5.53 Å². The number of alkyl halides is 2. The summed E-state index contributed by atoms with van der Waals surface area (Å²) in [6.45, 7) is 0. The highest BCUT2D eigenvalue weighted by molar-refractivity contribution is 5.13. The van der Waals surface area contributed by atoms with Gasteiger partial charge in [-0.1, -0.05) is 16.6 Å². The molecule has 0 heterocycles. The molecule has 0 spiro atoms. The lowest BCUT2D eigenvalue weighted by Crippen LogP contribution is -2.30. The molecule has 0 saturated carbocycles. The van der Waals surface area contributed by atoms with Crippen LogP contribution in [0.2, 0.25) is 0 Å². The third-order valence-electron chi connectivity index (χ3n) is 2.51. The molecular weight excluding hydrogens is 188 g/mol. The SMILES string of the molecule is C[N+](=N)/C1=C(\N)C(F)(F)CCCCC1. The van der Waals surface area contributed by atoms with Crippen molar-refractivity contribution in [1.29, 1.82) is 5.53 Å². The van der Waals surface area contributed by atoms with Crippen LogP contribution in [0.25, 0.3) is 0 Å². The second-order valence-corrected chi connectivity index (χ2v) is 3.68. The van der Waals surface area contributed by atoms with Crippen LogP contribution in [0.5, 0.6) is 0 Å². The molecule has 0 saturated heterocycles. The van der Waals surface area contributed by atoms with E-state index in [0.29, 0.717) is 12.8 Å². The molecule has 3 nitrogen and oxygen atoms in total. The van der Waals surface area contributed by atoms with E-state index in [1.807, 2.05) is 0 Å². The maximum absolute atomic E-state index is 13.4. The van der Waals surface area contributed by atoms with Gasteiger partial charge in [-0.2, -0.15) is 8.78 Å². The Morgan fingerprint density at radius 1 is 1.36 bits per heavy atom. The van der Waals surface area contributed by atoms with Crippen molar-refractivity contribution < 1.29 is 13.5 Å². The van der Waals surface area contributed by atoms with Crippen molar-refractivity contribution in [3.8, 4) is 0 Å². The third-order valence-corrected chi connectivity index (χ3v) is 2.51. The van der Waals surface area contributed by atoms with E-state index < -0.39 is 11.6 Å². The Kier molecular flexibility index (Phi) is 3.18. The second kappa shape index (κ2) is 4.02. The van der Waals surface area contributed by atoms with Crippen molar-refractivity contribution in [3.63, 3.8) is 0 Å². The maximum atomic E-state index is 13.4. The van der Waals surface area contributed by atoms with E-state index in [9.17, 15) is 8.78 Å². The number of hydrogen-bond donors (Lipinski definition) is 2. The van der Waals surface area contributed by atoms with E-state index >= 15 is 0 Å². The van der Waals surface area contributed by atoms with Gasteiger partial charge in [0, 0.05) is 12.8 Å². The van der Waals surface area contributed by atoms with Gasteiger partial charge in [0.2, 0.25) is 5.70 Å². The zero-order valence-electron chi connectivity index (χ0n) is 8.32. The quantitative estimate of drug-likeness (QED) is 0.500. The zero-order chi connectivity index (χ0) is 10.8. The molecule has 0 fully saturated rings. The fraction of sp³-hybridized carbons (Fsp3) is 0.778. The van der Waals surface area contributed by atoms with Gasteiger partial charge in [-0.3, -0.25) is 0 Å². The van der Waals surface area contributed by atoms with Crippen molar-refractivity contribution in [2.24, 2.45) is 5.73 Å². The molecule has 0 aromatic carbocycles. The van der Waals surface area contributed by atoms with E-state index in [-0.39, 0.29) is 12.1 Å². The zero-order valence-corrected chi connectivity index (χ0v) is 8.32. The smallest absolute Gasteiger partial charge is 0.293 e. The van der Waals surface area contributed by atoms with E-state index in [1.165, 1.54) is 7.05 Å². The summed E-state index contributed by atoms with van der Waals surface area (Å²) in [5, 5.41) is 0. The molecule has 80 valence electrons. The second-order valence-electron chi connectivity index (χ2n) is 3.68. The van der Waals surface area contributed by atoms with E-state index in [1.54, 1.807) is 0 Å². The molecule has 1 rings (SSSR count). The number of nitrogens with zero attached hydrogens (tertiary/aromatic N) is 1. The lowest BCUT2D eigenvalue weighted by molar-refractivity contribution is -0.544. The van der Waals surface area contributed by atoms with Crippen LogP contribution in [-0.4, -0.2) is 17.7 Å². The monoisotopic (exact) mass is 204 g/mol. The Labute approximate surface area is 82.1 Å². The van der Waals surface area contributed by atoms with Gasteiger partial charge in [0.15, 0.2) is 7.05 Å². The molecule has 0 unspecified atom stereocenters. The van der Waals surface area contributed by atoms with Crippen LogP contribution in [0.15, 0.2) is 11.4 Å². The van der Waals surface area contributed by atoms with Crippen molar-refractivity contribution in [3.05, 3.63) is 11.4 Å².